The van der Waals surface area contributed by atoms with Gasteiger partial charge in [-0.05, 0) is 32.6 Å². The molecule has 2 saturated carbocycles. The first-order valence-corrected chi connectivity index (χ1v) is 4.47. The van der Waals surface area contributed by atoms with Crippen LogP contribution < -0.4 is 0 Å². The Morgan fingerprint density at radius 2 is 1.50 bits per heavy atom. The second-order valence-electron chi connectivity index (χ2n) is 4.66. The number of halogens is 2. The van der Waals surface area contributed by atoms with Crippen molar-refractivity contribution >= 4 is 0 Å². The fourth-order valence-electron chi connectivity index (χ4n) is 2.19. The second-order valence-corrected chi connectivity index (χ2v) is 4.66. The standard InChI is InChI=1S/C9H14F2O/c1-7(12)2-4-8(5-3-7)6-9(8,10)11/h12H,2-6H2,1H3. The Balaban J connectivity index is 2.01. The Bertz CT molecular complexity index is 201. The summed E-state index contributed by atoms with van der Waals surface area (Å²) in [7, 11) is 0. The Kier molecular flexibility index (Phi) is 1.41. The van der Waals surface area contributed by atoms with Crippen LogP contribution in [0.1, 0.15) is 39.0 Å². The normalized spacial score (nSPS) is 51.0. The lowest BCUT2D eigenvalue weighted by atomic mass is 9.77. The number of aliphatic hydroxyl groups is 1. The first kappa shape index (κ1) is 8.42. The summed E-state index contributed by atoms with van der Waals surface area (Å²) in [5.74, 6) is -2.43. The molecule has 0 heterocycles. The van der Waals surface area contributed by atoms with E-state index in [1.807, 2.05) is 0 Å². The van der Waals surface area contributed by atoms with Crippen LogP contribution in [0.15, 0.2) is 0 Å². The summed E-state index contributed by atoms with van der Waals surface area (Å²) in [6.45, 7) is 1.74. The van der Waals surface area contributed by atoms with Crippen molar-refractivity contribution in [2.75, 3.05) is 0 Å². The molecule has 70 valence electrons. The number of hydrogen-bond donors (Lipinski definition) is 1. The summed E-state index contributed by atoms with van der Waals surface area (Å²) in [5.41, 5.74) is -1.40. The molecule has 1 spiro atoms. The molecular formula is C9H14F2O. The van der Waals surface area contributed by atoms with E-state index in [0.29, 0.717) is 25.7 Å². The molecule has 2 aliphatic carbocycles. The molecule has 0 aromatic heterocycles. The average Bonchev–Trinajstić information content (AvgIpc) is 2.45. The van der Waals surface area contributed by atoms with Gasteiger partial charge in [0.1, 0.15) is 0 Å². The first-order valence-electron chi connectivity index (χ1n) is 4.47. The number of rotatable bonds is 0. The largest absolute Gasteiger partial charge is 0.390 e. The Morgan fingerprint density at radius 1 is 1.08 bits per heavy atom. The van der Waals surface area contributed by atoms with Gasteiger partial charge < -0.3 is 5.11 Å². The van der Waals surface area contributed by atoms with Gasteiger partial charge in [-0.15, -0.1) is 0 Å². The minimum Gasteiger partial charge on any atom is -0.390 e. The van der Waals surface area contributed by atoms with E-state index in [2.05, 4.69) is 0 Å². The van der Waals surface area contributed by atoms with Crippen LogP contribution in [0, 0.1) is 5.41 Å². The smallest absolute Gasteiger partial charge is 0.254 e. The Morgan fingerprint density at radius 3 is 1.83 bits per heavy atom. The van der Waals surface area contributed by atoms with Crippen LogP contribution in [0.2, 0.25) is 0 Å². The predicted molar refractivity (Wildman–Crippen MR) is 41.1 cm³/mol. The van der Waals surface area contributed by atoms with Crippen molar-refractivity contribution in [3.63, 3.8) is 0 Å². The zero-order valence-electron chi connectivity index (χ0n) is 7.24. The van der Waals surface area contributed by atoms with Crippen LogP contribution >= 0.6 is 0 Å². The Hall–Kier alpha value is -0.180. The van der Waals surface area contributed by atoms with E-state index in [0.717, 1.165) is 0 Å². The predicted octanol–water partition coefficient (Wildman–Crippen LogP) is 2.34. The van der Waals surface area contributed by atoms with E-state index in [1.54, 1.807) is 6.92 Å². The highest BCUT2D eigenvalue weighted by atomic mass is 19.3. The van der Waals surface area contributed by atoms with Gasteiger partial charge in [0.2, 0.25) is 0 Å². The number of alkyl halides is 2. The molecule has 0 aromatic rings. The van der Waals surface area contributed by atoms with E-state index in [4.69, 9.17) is 0 Å². The van der Waals surface area contributed by atoms with Crippen molar-refractivity contribution in [3.05, 3.63) is 0 Å². The minimum absolute atomic E-state index is 0.0517. The summed E-state index contributed by atoms with van der Waals surface area (Å²) in [6.07, 6.45) is 2.10. The molecule has 0 unspecified atom stereocenters. The van der Waals surface area contributed by atoms with Gasteiger partial charge in [0.05, 0.1) is 5.60 Å². The lowest BCUT2D eigenvalue weighted by Crippen LogP contribution is -2.33. The van der Waals surface area contributed by atoms with Crippen LogP contribution in [0.25, 0.3) is 0 Å². The van der Waals surface area contributed by atoms with Crippen molar-refractivity contribution in [1.82, 2.24) is 0 Å². The third-order valence-electron chi connectivity index (χ3n) is 3.50. The molecular weight excluding hydrogens is 162 g/mol. The lowest BCUT2D eigenvalue weighted by molar-refractivity contribution is -0.0278. The van der Waals surface area contributed by atoms with Gasteiger partial charge in [0.15, 0.2) is 0 Å². The van der Waals surface area contributed by atoms with Gasteiger partial charge in [-0.2, -0.15) is 0 Å². The first-order chi connectivity index (χ1) is 5.37. The molecule has 0 bridgehead atoms. The van der Waals surface area contributed by atoms with Crippen LogP contribution in [-0.2, 0) is 0 Å². The van der Waals surface area contributed by atoms with Gasteiger partial charge in [0.25, 0.3) is 5.92 Å². The summed E-state index contributed by atoms with van der Waals surface area (Å²) >= 11 is 0. The molecule has 2 rings (SSSR count). The summed E-state index contributed by atoms with van der Waals surface area (Å²) < 4.78 is 25.7. The molecule has 2 aliphatic rings. The molecule has 12 heavy (non-hydrogen) atoms. The molecule has 0 aliphatic heterocycles. The van der Waals surface area contributed by atoms with Crippen molar-refractivity contribution in [3.8, 4) is 0 Å². The molecule has 0 aromatic carbocycles. The maximum absolute atomic E-state index is 12.8. The topological polar surface area (TPSA) is 20.2 Å². The highest BCUT2D eigenvalue weighted by Gasteiger charge is 2.71. The molecule has 0 amide bonds. The monoisotopic (exact) mass is 176 g/mol. The van der Waals surface area contributed by atoms with Crippen molar-refractivity contribution < 1.29 is 13.9 Å². The Labute approximate surface area is 70.8 Å². The van der Waals surface area contributed by atoms with Crippen LogP contribution in [-0.4, -0.2) is 16.6 Å². The fraction of sp³-hybridized carbons (Fsp3) is 1.00. The number of hydrogen-bond acceptors (Lipinski definition) is 1. The van der Waals surface area contributed by atoms with Crippen molar-refractivity contribution in [2.24, 2.45) is 5.41 Å². The molecule has 0 atom stereocenters. The van der Waals surface area contributed by atoms with Gasteiger partial charge in [0, 0.05) is 11.8 Å². The minimum atomic E-state index is -2.43. The SMILES string of the molecule is CC1(O)CCC2(CC1)CC2(F)F. The zero-order valence-corrected chi connectivity index (χ0v) is 7.24. The van der Waals surface area contributed by atoms with Crippen LogP contribution in [0.4, 0.5) is 8.78 Å². The van der Waals surface area contributed by atoms with Crippen LogP contribution in [0.3, 0.4) is 0 Å². The average molecular weight is 176 g/mol. The van der Waals surface area contributed by atoms with Gasteiger partial charge in [-0.3, -0.25) is 0 Å². The molecule has 0 saturated heterocycles. The van der Waals surface area contributed by atoms with Crippen molar-refractivity contribution in [2.45, 2.75) is 50.6 Å². The summed E-state index contributed by atoms with van der Waals surface area (Å²) in [6, 6.07) is 0. The maximum Gasteiger partial charge on any atom is 0.254 e. The van der Waals surface area contributed by atoms with E-state index in [1.165, 1.54) is 0 Å². The molecule has 1 N–H and O–H groups in total. The molecule has 1 nitrogen and oxygen atoms in total. The molecule has 2 fully saturated rings. The van der Waals surface area contributed by atoms with Gasteiger partial charge >= 0.3 is 0 Å². The second kappa shape index (κ2) is 2.00. The lowest BCUT2D eigenvalue weighted by Gasteiger charge is -2.33. The summed E-state index contributed by atoms with van der Waals surface area (Å²) in [4.78, 5) is 0. The van der Waals surface area contributed by atoms with Gasteiger partial charge in [-0.25, -0.2) is 8.78 Å². The van der Waals surface area contributed by atoms with Crippen LogP contribution in [0.5, 0.6) is 0 Å². The van der Waals surface area contributed by atoms with Gasteiger partial charge in [-0.1, -0.05) is 0 Å². The maximum atomic E-state index is 12.8. The highest BCUT2D eigenvalue weighted by molar-refractivity contribution is 5.12. The zero-order chi connectivity index (χ0) is 9.04. The third kappa shape index (κ3) is 1.06. The van der Waals surface area contributed by atoms with E-state index >= 15 is 0 Å². The fourth-order valence-corrected chi connectivity index (χ4v) is 2.19. The quantitative estimate of drug-likeness (QED) is 0.600. The van der Waals surface area contributed by atoms with Crippen molar-refractivity contribution in [1.29, 1.82) is 0 Å². The highest BCUT2D eigenvalue weighted by Crippen LogP contribution is 2.68. The third-order valence-corrected chi connectivity index (χ3v) is 3.50. The van der Waals surface area contributed by atoms with E-state index in [9.17, 15) is 13.9 Å². The van der Waals surface area contributed by atoms with E-state index < -0.39 is 16.9 Å². The van der Waals surface area contributed by atoms with E-state index in [-0.39, 0.29) is 6.42 Å². The summed E-state index contributed by atoms with van der Waals surface area (Å²) in [5, 5.41) is 9.56. The molecule has 3 heteroatoms. The molecule has 0 radical (unpaired) electrons.